The number of esters is 1. The molecule has 0 aliphatic rings. The minimum Gasteiger partial charge on any atom is -0.456 e. The molecule has 0 radical (unpaired) electrons. The third kappa shape index (κ3) is 6.07. The van der Waals surface area contributed by atoms with Crippen LogP contribution in [0.25, 0.3) is 0 Å². The Hall–Kier alpha value is -1.49. The van der Waals surface area contributed by atoms with Gasteiger partial charge in [-0.25, -0.2) is 8.42 Å². The fourth-order valence-corrected chi connectivity index (χ4v) is 3.22. The molecule has 9 heteroatoms. The SMILES string of the molecule is O=C(CNS(=O)(=O)c1ccc(I)cc1)OCC(=O)c1ccc(Cl)cc1. The zero-order chi connectivity index (χ0) is 18.4. The number of sulfonamides is 1. The van der Waals surface area contributed by atoms with E-state index in [9.17, 15) is 18.0 Å². The molecular formula is C16H13ClINO5S. The molecule has 0 heterocycles. The molecule has 0 fully saturated rings. The van der Waals surface area contributed by atoms with Crippen LogP contribution < -0.4 is 4.72 Å². The van der Waals surface area contributed by atoms with Crippen molar-refractivity contribution in [3.63, 3.8) is 0 Å². The van der Waals surface area contributed by atoms with Crippen molar-refractivity contribution in [2.75, 3.05) is 13.2 Å². The third-order valence-electron chi connectivity index (χ3n) is 3.06. The van der Waals surface area contributed by atoms with Crippen molar-refractivity contribution in [1.82, 2.24) is 4.72 Å². The van der Waals surface area contributed by atoms with Crippen molar-refractivity contribution in [2.45, 2.75) is 4.90 Å². The Labute approximate surface area is 163 Å². The second-order valence-electron chi connectivity index (χ2n) is 4.87. The van der Waals surface area contributed by atoms with Gasteiger partial charge in [-0.1, -0.05) is 11.6 Å². The number of hydrogen-bond acceptors (Lipinski definition) is 5. The van der Waals surface area contributed by atoms with E-state index in [2.05, 4.69) is 27.3 Å². The predicted octanol–water partition coefficient (Wildman–Crippen LogP) is 2.65. The van der Waals surface area contributed by atoms with E-state index in [1.54, 1.807) is 24.3 Å². The molecule has 1 N–H and O–H groups in total. The normalized spacial score (nSPS) is 11.1. The Morgan fingerprint density at radius 3 is 2.24 bits per heavy atom. The molecule has 0 aromatic heterocycles. The lowest BCUT2D eigenvalue weighted by atomic mass is 10.1. The van der Waals surface area contributed by atoms with Gasteiger partial charge in [-0.3, -0.25) is 9.59 Å². The zero-order valence-electron chi connectivity index (χ0n) is 12.7. The van der Waals surface area contributed by atoms with Crippen molar-refractivity contribution in [3.05, 3.63) is 62.7 Å². The van der Waals surface area contributed by atoms with E-state index >= 15 is 0 Å². The Morgan fingerprint density at radius 1 is 1.04 bits per heavy atom. The van der Waals surface area contributed by atoms with Crippen LogP contribution in [0, 0.1) is 3.57 Å². The van der Waals surface area contributed by atoms with E-state index in [0.717, 1.165) is 3.57 Å². The van der Waals surface area contributed by atoms with Crippen LogP contribution in [0.4, 0.5) is 0 Å². The second-order valence-corrected chi connectivity index (χ2v) is 8.32. The lowest BCUT2D eigenvalue weighted by Gasteiger charge is -2.07. The summed E-state index contributed by atoms with van der Waals surface area (Å²) in [6, 6.07) is 12.3. The van der Waals surface area contributed by atoms with Gasteiger partial charge in [-0.2, -0.15) is 4.72 Å². The summed E-state index contributed by atoms with van der Waals surface area (Å²) < 4.78 is 31.9. The molecule has 0 unspecified atom stereocenters. The number of benzene rings is 2. The number of hydrogen-bond donors (Lipinski definition) is 1. The van der Waals surface area contributed by atoms with Crippen LogP contribution in [0.5, 0.6) is 0 Å². The molecule has 0 amide bonds. The van der Waals surface area contributed by atoms with E-state index in [1.807, 2.05) is 0 Å². The molecule has 2 rings (SSSR count). The summed E-state index contributed by atoms with van der Waals surface area (Å²) >= 11 is 7.78. The summed E-state index contributed by atoms with van der Waals surface area (Å²) in [5.74, 6) is -1.26. The number of carbonyl (C=O) groups is 2. The Balaban J connectivity index is 1.85. The van der Waals surface area contributed by atoms with E-state index < -0.39 is 34.9 Å². The van der Waals surface area contributed by atoms with Crippen LogP contribution in [-0.2, 0) is 19.6 Å². The van der Waals surface area contributed by atoms with Crippen molar-refractivity contribution < 1.29 is 22.7 Å². The standard InChI is InChI=1S/C16H13ClINO5S/c17-12-3-1-11(2-4-12)15(20)10-24-16(21)9-19-25(22,23)14-7-5-13(18)6-8-14/h1-8,19H,9-10H2. The average molecular weight is 494 g/mol. The number of ketones is 1. The number of nitrogens with one attached hydrogen (secondary N) is 1. The highest BCUT2D eigenvalue weighted by Gasteiger charge is 2.17. The highest BCUT2D eigenvalue weighted by Crippen LogP contribution is 2.12. The smallest absolute Gasteiger partial charge is 0.321 e. The lowest BCUT2D eigenvalue weighted by Crippen LogP contribution is -2.31. The van der Waals surface area contributed by atoms with Crippen molar-refractivity contribution in [3.8, 4) is 0 Å². The van der Waals surface area contributed by atoms with E-state index in [0.29, 0.717) is 10.6 Å². The van der Waals surface area contributed by atoms with Crippen LogP contribution >= 0.6 is 34.2 Å². The van der Waals surface area contributed by atoms with Gasteiger partial charge >= 0.3 is 5.97 Å². The summed E-state index contributed by atoms with van der Waals surface area (Å²) in [5, 5.41) is 0.485. The van der Waals surface area contributed by atoms with E-state index in [1.165, 1.54) is 24.3 Å². The Morgan fingerprint density at radius 2 is 1.64 bits per heavy atom. The van der Waals surface area contributed by atoms with Crippen molar-refractivity contribution in [2.24, 2.45) is 0 Å². The molecule has 0 saturated carbocycles. The number of rotatable bonds is 7. The van der Waals surface area contributed by atoms with Crippen LogP contribution in [0.2, 0.25) is 5.02 Å². The summed E-state index contributed by atoms with van der Waals surface area (Å²) in [6.45, 7) is -1.05. The maximum absolute atomic E-state index is 12.0. The molecule has 0 spiro atoms. The monoisotopic (exact) mass is 493 g/mol. The van der Waals surface area contributed by atoms with Crippen LogP contribution in [0.15, 0.2) is 53.4 Å². The second kappa shape index (κ2) is 8.75. The molecule has 2 aromatic carbocycles. The highest BCUT2D eigenvalue weighted by molar-refractivity contribution is 14.1. The molecule has 2 aromatic rings. The average Bonchev–Trinajstić information content (AvgIpc) is 2.59. The molecule has 6 nitrogen and oxygen atoms in total. The topological polar surface area (TPSA) is 89.5 Å². The number of ether oxygens (including phenoxy) is 1. The summed E-state index contributed by atoms with van der Waals surface area (Å²) in [4.78, 5) is 23.5. The minimum atomic E-state index is -3.82. The molecule has 0 aliphatic heterocycles. The summed E-state index contributed by atoms with van der Waals surface area (Å²) in [5.41, 5.74) is 0.344. The molecule has 0 atom stereocenters. The first-order valence-corrected chi connectivity index (χ1v) is 9.91. The van der Waals surface area contributed by atoms with Crippen molar-refractivity contribution >= 4 is 56.0 Å². The summed E-state index contributed by atoms with van der Waals surface area (Å²) in [7, 11) is -3.82. The van der Waals surface area contributed by atoms with Gasteiger partial charge in [0.25, 0.3) is 0 Å². The zero-order valence-corrected chi connectivity index (χ0v) is 16.5. The number of carbonyl (C=O) groups excluding carboxylic acids is 2. The van der Waals surface area contributed by atoms with Crippen LogP contribution in [0.3, 0.4) is 0 Å². The van der Waals surface area contributed by atoms with Gasteiger partial charge in [0.2, 0.25) is 10.0 Å². The Kier molecular flexibility index (Phi) is 6.94. The molecule has 0 saturated heterocycles. The maximum Gasteiger partial charge on any atom is 0.321 e. The molecule has 132 valence electrons. The minimum absolute atomic E-state index is 0.0398. The lowest BCUT2D eigenvalue weighted by molar-refractivity contribution is -0.141. The summed E-state index contributed by atoms with van der Waals surface area (Å²) in [6.07, 6.45) is 0. The first kappa shape index (κ1) is 19.8. The molecule has 0 bridgehead atoms. The third-order valence-corrected chi connectivity index (χ3v) is 5.45. The Bertz CT molecular complexity index is 866. The quantitative estimate of drug-likeness (QED) is 0.364. The number of Topliss-reactive ketones (excluding diaryl/α,β-unsaturated/α-hetero) is 1. The predicted molar refractivity (Wildman–Crippen MR) is 101 cm³/mol. The number of halogens is 2. The largest absolute Gasteiger partial charge is 0.456 e. The maximum atomic E-state index is 12.0. The first-order valence-electron chi connectivity index (χ1n) is 6.97. The fraction of sp³-hybridized carbons (Fsp3) is 0.125. The van der Waals surface area contributed by atoms with Crippen LogP contribution in [-0.4, -0.2) is 33.3 Å². The van der Waals surface area contributed by atoms with Gasteiger partial charge in [-0.15, -0.1) is 0 Å². The van der Waals surface area contributed by atoms with Gasteiger partial charge in [-0.05, 0) is 71.1 Å². The van der Waals surface area contributed by atoms with Gasteiger partial charge in [0.1, 0.15) is 6.54 Å². The van der Waals surface area contributed by atoms with Crippen molar-refractivity contribution in [1.29, 1.82) is 0 Å². The fourth-order valence-electron chi connectivity index (χ4n) is 1.77. The van der Waals surface area contributed by atoms with E-state index in [-0.39, 0.29) is 4.90 Å². The van der Waals surface area contributed by atoms with Gasteiger partial charge < -0.3 is 4.74 Å². The molecular weight excluding hydrogens is 481 g/mol. The highest BCUT2D eigenvalue weighted by atomic mass is 127. The van der Waals surface area contributed by atoms with E-state index in [4.69, 9.17) is 16.3 Å². The first-order chi connectivity index (χ1) is 11.8. The van der Waals surface area contributed by atoms with Gasteiger partial charge in [0, 0.05) is 14.2 Å². The van der Waals surface area contributed by atoms with Gasteiger partial charge in [0.05, 0.1) is 4.90 Å². The van der Waals surface area contributed by atoms with Crippen LogP contribution in [0.1, 0.15) is 10.4 Å². The molecule has 0 aliphatic carbocycles. The molecule has 25 heavy (non-hydrogen) atoms. The van der Waals surface area contributed by atoms with Gasteiger partial charge in [0.15, 0.2) is 12.4 Å².